The monoisotopic (exact) mass is 306 g/mol. The number of benzene rings is 1. The number of hydrogen-bond donors (Lipinski definition) is 0. The van der Waals surface area contributed by atoms with Crippen molar-refractivity contribution in [1.29, 1.82) is 0 Å². The maximum Gasteiger partial charge on any atom is 0.247 e. The fourth-order valence-electron chi connectivity index (χ4n) is 1.05. The zero-order valence-electron chi connectivity index (χ0n) is 7.38. The summed E-state index contributed by atoms with van der Waals surface area (Å²) >= 11 is 14.7. The molecular weight excluding hydrogens is 303 g/mol. The van der Waals surface area contributed by atoms with Crippen molar-refractivity contribution in [2.24, 2.45) is 0 Å². The first-order chi connectivity index (χ1) is 7.20. The molecule has 2 aromatic rings. The molecule has 0 aliphatic carbocycles. The predicted octanol–water partition coefficient (Wildman–Crippen LogP) is 3.89. The summed E-state index contributed by atoms with van der Waals surface area (Å²) in [5.41, 5.74) is 0.801. The highest BCUT2D eigenvalue weighted by molar-refractivity contribution is 9.10. The minimum Gasteiger partial charge on any atom is -0.419 e. The van der Waals surface area contributed by atoms with Crippen molar-refractivity contribution in [3.63, 3.8) is 0 Å². The zero-order chi connectivity index (χ0) is 10.8. The minimum atomic E-state index is 0.210. The summed E-state index contributed by atoms with van der Waals surface area (Å²) in [7, 11) is 0. The van der Waals surface area contributed by atoms with Gasteiger partial charge in [0.1, 0.15) is 5.88 Å². The Hall–Kier alpha value is -0.580. The van der Waals surface area contributed by atoms with Gasteiger partial charge in [-0.3, -0.25) is 0 Å². The van der Waals surface area contributed by atoms with Crippen LogP contribution in [0.2, 0.25) is 5.02 Å². The molecule has 0 N–H and O–H groups in total. The van der Waals surface area contributed by atoms with Gasteiger partial charge in [0.25, 0.3) is 0 Å². The molecule has 0 saturated carbocycles. The highest BCUT2D eigenvalue weighted by atomic mass is 79.9. The van der Waals surface area contributed by atoms with E-state index in [1.165, 1.54) is 0 Å². The quantitative estimate of drug-likeness (QED) is 0.790. The molecule has 1 aromatic carbocycles. The fraction of sp³-hybridized carbons (Fsp3) is 0.111. The third kappa shape index (κ3) is 2.33. The summed E-state index contributed by atoms with van der Waals surface area (Å²) in [6.45, 7) is 0. The molecule has 1 heterocycles. The van der Waals surface area contributed by atoms with Crippen LogP contribution in [0.15, 0.2) is 27.1 Å². The van der Waals surface area contributed by atoms with Crippen LogP contribution in [0.1, 0.15) is 5.89 Å². The Bertz CT molecular complexity index is 487. The van der Waals surface area contributed by atoms with Crippen LogP contribution in [-0.4, -0.2) is 10.2 Å². The summed E-state index contributed by atoms with van der Waals surface area (Å²) in [6, 6.07) is 5.37. The van der Waals surface area contributed by atoms with Gasteiger partial charge in [-0.1, -0.05) is 11.6 Å². The van der Waals surface area contributed by atoms with Gasteiger partial charge in [0.2, 0.25) is 11.8 Å². The van der Waals surface area contributed by atoms with Crippen molar-refractivity contribution in [3.05, 3.63) is 33.6 Å². The lowest BCUT2D eigenvalue weighted by atomic mass is 10.2. The van der Waals surface area contributed by atoms with E-state index in [-0.39, 0.29) is 5.88 Å². The van der Waals surface area contributed by atoms with E-state index in [4.69, 9.17) is 27.6 Å². The van der Waals surface area contributed by atoms with Gasteiger partial charge in [-0.05, 0) is 34.1 Å². The van der Waals surface area contributed by atoms with Crippen molar-refractivity contribution in [2.45, 2.75) is 5.88 Å². The Balaban J connectivity index is 2.40. The highest BCUT2D eigenvalue weighted by Crippen LogP contribution is 2.28. The molecule has 15 heavy (non-hydrogen) atoms. The molecule has 0 bridgehead atoms. The summed E-state index contributed by atoms with van der Waals surface area (Å²) < 4.78 is 6.08. The van der Waals surface area contributed by atoms with Crippen LogP contribution in [0.5, 0.6) is 0 Å². The predicted molar refractivity (Wildman–Crippen MR) is 62.0 cm³/mol. The first kappa shape index (κ1) is 10.9. The molecule has 0 aliphatic rings. The van der Waals surface area contributed by atoms with Crippen molar-refractivity contribution in [3.8, 4) is 11.5 Å². The van der Waals surface area contributed by atoms with Crippen LogP contribution in [-0.2, 0) is 5.88 Å². The fourth-order valence-corrected chi connectivity index (χ4v) is 1.66. The van der Waals surface area contributed by atoms with Crippen LogP contribution < -0.4 is 0 Å². The maximum absolute atomic E-state index is 5.87. The third-order valence-corrected chi connectivity index (χ3v) is 3.19. The van der Waals surface area contributed by atoms with Gasteiger partial charge in [-0.2, -0.15) is 0 Å². The van der Waals surface area contributed by atoms with E-state index in [2.05, 4.69) is 26.1 Å². The smallest absolute Gasteiger partial charge is 0.247 e. The Morgan fingerprint density at radius 3 is 2.73 bits per heavy atom. The van der Waals surface area contributed by atoms with E-state index in [1.807, 2.05) is 6.07 Å². The van der Waals surface area contributed by atoms with Gasteiger partial charge in [-0.15, -0.1) is 21.8 Å². The lowest BCUT2D eigenvalue weighted by molar-refractivity contribution is 0.527. The van der Waals surface area contributed by atoms with Gasteiger partial charge in [0, 0.05) is 10.0 Å². The number of hydrogen-bond acceptors (Lipinski definition) is 3. The van der Waals surface area contributed by atoms with E-state index in [9.17, 15) is 0 Å². The third-order valence-electron chi connectivity index (χ3n) is 1.75. The molecule has 0 fully saturated rings. The standard InChI is InChI=1S/C9H5BrCl2N2O/c10-6-3-5(1-2-7(6)12)9-14-13-8(4-11)15-9/h1-3H,4H2. The Morgan fingerprint density at radius 1 is 1.33 bits per heavy atom. The van der Waals surface area contributed by atoms with Crippen molar-refractivity contribution >= 4 is 39.1 Å². The zero-order valence-corrected chi connectivity index (χ0v) is 10.5. The number of aromatic nitrogens is 2. The molecule has 0 saturated heterocycles. The van der Waals surface area contributed by atoms with Gasteiger partial charge in [0.05, 0.1) is 5.02 Å². The topological polar surface area (TPSA) is 38.9 Å². The number of nitrogens with zero attached hydrogens (tertiary/aromatic N) is 2. The van der Waals surface area contributed by atoms with Gasteiger partial charge in [-0.25, -0.2) is 0 Å². The molecular formula is C9H5BrCl2N2O. The van der Waals surface area contributed by atoms with Gasteiger partial charge in [0.15, 0.2) is 0 Å². The van der Waals surface area contributed by atoms with Crippen LogP contribution in [0.4, 0.5) is 0 Å². The molecule has 78 valence electrons. The van der Waals surface area contributed by atoms with Gasteiger partial charge >= 0.3 is 0 Å². The normalized spacial score (nSPS) is 10.6. The van der Waals surface area contributed by atoms with Crippen molar-refractivity contribution in [1.82, 2.24) is 10.2 Å². The lowest BCUT2D eigenvalue weighted by Crippen LogP contribution is -1.78. The minimum absolute atomic E-state index is 0.210. The molecule has 0 atom stereocenters. The molecule has 0 spiro atoms. The molecule has 0 amide bonds. The van der Waals surface area contributed by atoms with Crippen LogP contribution in [0.25, 0.3) is 11.5 Å². The Kier molecular flexibility index (Phi) is 3.29. The average molecular weight is 308 g/mol. The largest absolute Gasteiger partial charge is 0.419 e. The second kappa shape index (κ2) is 4.51. The second-order valence-corrected chi connectivity index (χ2v) is 4.29. The molecule has 0 unspecified atom stereocenters. The first-order valence-electron chi connectivity index (χ1n) is 4.04. The molecule has 0 radical (unpaired) electrons. The summed E-state index contributed by atoms with van der Waals surface area (Å²) in [5, 5.41) is 8.26. The summed E-state index contributed by atoms with van der Waals surface area (Å²) in [4.78, 5) is 0. The lowest BCUT2D eigenvalue weighted by Gasteiger charge is -1.97. The highest BCUT2D eigenvalue weighted by Gasteiger charge is 2.08. The van der Waals surface area contributed by atoms with Crippen molar-refractivity contribution in [2.75, 3.05) is 0 Å². The number of rotatable bonds is 2. The summed E-state index contributed by atoms with van der Waals surface area (Å²) in [6.07, 6.45) is 0. The van der Waals surface area contributed by atoms with Crippen LogP contribution in [0.3, 0.4) is 0 Å². The van der Waals surface area contributed by atoms with Gasteiger partial charge < -0.3 is 4.42 Å². The van der Waals surface area contributed by atoms with E-state index in [0.29, 0.717) is 16.8 Å². The van der Waals surface area contributed by atoms with E-state index < -0.39 is 0 Å². The summed E-state index contributed by atoms with van der Waals surface area (Å²) in [5.74, 6) is 1.04. The molecule has 1 aromatic heterocycles. The first-order valence-corrected chi connectivity index (χ1v) is 5.75. The number of halogens is 3. The van der Waals surface area contributed by atoms with E-state index >= 15 is 0 Å². The average Bonchev–Trinajstić information content (AvgIpc) is 2.70. The Labute approximate surface area is 105 Å². The molecule has 2 rings (SSSR count). The maximum atomic E-state index is 5.87. The van der Waals surface area contributed by atoms with Crippen molar-refractivity contribution < 1.29 is 4.42 Å². The van der Waals surface area contributed by atoms with Crippen LogP contribution in [0, 0.1) is 0 Å². The number of alkyl halides is 1. The van der Waals surface area contributed by atoms with Crippen LogP contribution >= 0.6 is 39.1 Å². The molecule has 3 nitrogen and oxygen atoms in total. The van der Waals surface area contributed by atoms with E-state index in [1.54, 1.807) is 12.1 Å². The Morgan fingerprint density at radius 2 is 2.13 bits per heavy atom. The molecule has 6 heteroatoms. The SMILES string of the molecule is ClCc1nnc(-c2ccc(Cl)c(Br)c2)o1. The molecule has 0 aliphatic heterocycles. The van der Waals surface area contributed by atoms with E-state index in [0.717, 1.165) is 10.0 Å². The second-order valence-electron chi connectivity index (χ2n) is 2.76.